The summed E-state index contributed by atoms with van der Waals surface area (Å²) in [5, 5.41) is 0.996. The standard InChI is InChI=1S/C34H23N5O4S3/c40-29-18-10-4-5-11-19(18)30(41)27(29)36-33-26-25(37-46-38-26)21(15-35-33)24-14-22-31(45-24)32-28(20-12-6-7-13-23(20)44-32)39(22)34(42)43-16-17-8-2-1-3-9-17/h1-3,6-9,12-15,18-19H,4-5,10-11,16H2. The van der Waals surface area contributed by atoms with Crippen LogP contribution in [0.4, 0.5) is 10.6 Å². The number of rotatable bonds is 4. The lowest BCUT2D eigenvalue weighted by atomic mass is 9.81. The van der Waals surface area contributed by atoms with Crippen LogP contribution >= 0.6 is 34.4 Å². The number of ketones is 2. The number of pyridine rings is 1. The lowest BCUT2D eigenvalue weighted by Crippen LogP contribution is -2.21. The molecule has 2 aliphatic rings. The maximum Gasteiger partial charge on any atom is 0.419 e. The van der Waals surface area contributed by atoms with E-state index in [-0.39, 0.29) is 41.5 Å². The first-order valence-electron chi connectivity index (χ1n) is 15.0. The van der Waals surface area contributed by atoms with Crippen molar-refractivity contribution in [3.63, 3.8) is 0 Å². The summed E-state index contributed by atoms with van der Waals surface area (Å²) >= 11 is 4.23. The third kappa shape index (κ3) is 4.20. The van der Waals surface area contributed by atoms with E-state index in [0.29, 0.717) is 11.0 Å². The fourth-order valence-electron chi connectivity index (χ4n) is 6.81. The molecule has 2 saturated carbocycles. The van der Waals surface area contributed by atoms with Crippen molar-refractivity contribution >= 4 is 105 Å². The van der Waals surface area contributed by atoms with Gasteiger partial charge in [0.05, 0.1) is 32.2 Å². The van der Waals surface area contributed by atoms with Gasteiger partial charge < -0.3 is 4.74 Å². The van der Waals surface area contributed by atoms with E-state index in [1.165, 1.54) is 0 Å². The van der Waals surface area contributed by atoms with Crippen molar-refractivity contribution in [2.24, 2.45) is 16.8 Å². The Hall–Kier alpha value is -4.65. The molecule has 5 heterocycles. The third-order valence-corrected chi connectivity index (χ3v) is 12.0. The summed E-state index contributed by atoms with van der Waals surface area (Å²) in [6.07, 6.45) is 4.59. The Bertz CT molecular complexity index is 2390. The Morgan fingerprint density at radius 1 is 0.913 bits per heavy atom. The monoisotopic (exact) mass is 661 g/mol. The van der Waals surface area contributed by atoms with Gasteiger partial charge >= 0.3 is 6.09 Å². The normalized spacial score (nSPS) is 18.3. The van der Waals surface area contributed by atoms with Gasteiger partial charge in [0.15, 0.2) is 23.1 Å². The fourth-order valence-corrected chi connectivity index (χ4v) is 9.85. The van der Waals surface area contributed by atoms with Crippen LogP contribution in [0.1, 0.15) is 31.2 Å². The summed E-state index contributed by atoms with van der Waals surface area (Å²) in [6, 6.07) is 19.7. The van der Waals surface area contributed by atoms with E-state index in [2.05, 4.69) is 24.8 Å². The van der Waals surface area contributed by atoms with Crippen molar-refractivity contribution in [1.29, 1.82) is 0 Å². The molecular formula is C34H23N5O4S3. The van der Waals surface area contributed by atoms with E-state index >= 15 is 0 Å². The number of carbonyl (C=O) groups is 3. The van der Waals surface area contributed by atoms with Crippen LogP contribution < -0.4 is 0 Å². The number of hydrogen-bond donors (Lipinski definition) is 0. The molecule has 46 heavy (non-hydrogen) atoms. The average molecular weight is 662 g/mol. The minimum atomic E-state index is -0.451. The molecule has 226 valence electrons. The number of carbonyl (C=O) groups excluding carboxylic acids is 3. The smallest absolute Gasteiger partial charge is 0.419 e. The van der Waals surface area contributed by atoms with Crippen LogP contribution in [0.3, 0.4) is 0 Å². The molecule has 0 saturated heterocycles. The van der Waals surface area contributed by atoms with E-state index in [1.54, 1.807) is 33.4 Å². The maximum absolute atomic E-state index is 13.8. The molecule has 2 unspecified atom stereocenters. The Morgan fingerprint density at radius 3 is 2.46 bits per heavy atom. The number of ether oxygens (including phenoxy) is 1. The molecule has 2 aliphatic carbocycles. The molecule has 9 rings (SSSR count). The molecule has 2 atom stereocenters. The van der Waals surface area contributed by atoms with Gasteiger partial charge in [-0.25, -0.2) is 19.3 Å². The number of aromatic nitrogens is 4. The molecule has 12 heteroatoms. The van der Waals surface area contributed by atoms with Crippen molar-refractivity contribution in [3.05, 3.63) is 72.4 Å². The Kier molecular flexibility index (Phi) is 6.44. The van der Waals surface area contributed by atoms with Gasteiger partial charge in [-0.2, -0.15) is 8.75 Å². The minimum absolute atomic E-state index is 0.0107. The third-order valence-electron chi connectivity index (χ3n) is 9.00. The van der Waals surface area contributed by atoms with Gasteiger partial charge in [-0.1, -0.05) is 61.4 Å². The summed E-state index contributed by atoms with van der Waals surface area (Å²) in [7, 11) is 0. The van der Waals surface area contributed by atoms with Gasteiger partial charge in [-0.3, -0.25) is 9.59 Å². The number of nitrogens with zero attached hydrogens (tertiary/aromatic N) is 5. The van der Waals surface area contributed by atoms with Crippen LogP contribution in [-0.2, 0) is 20.9 Å². The van der Waals surface area contributed by atoms with Crippen molar-refractivity contribution in [3.8, 4) is 10.4 Å². The number of aliphatic imine (C=N–C) groups is 1. The number of fused-ring (bicyclic) bond motifs is 7. The number of thiophene rings is 2. The molecule has 2 aromatic carbocycles. The van der Waals surface area contributed by atoms with Gasteiger partial charge in [0.25, 0.3) is 0 Å². The maximum atomic E-state index is 13.8. The van der Waals surface area contributed by atoms with Crippen molar-refractivity contribution in [1.82, 2.24) is 18.3 Å². The molecule has 5 aromatic heterocycles. The van der Waals surface area contributed by atoms with E-state index in [0.717, 1.165) is 83.9 Å². The molecule has 0 aliphatic heterocycles. The van der Waals surface area contributed by atoms with Crippen LogP contribution in [0.2, 0.25) is 0 Å². The lowest BCUT2D eigenvalue weighted by Gasteiger charge is -2.20. The fraction of sp³-hybridized carbons (Fsp3) is 0.206. The predicted octanol–water partition coefficient (Wildman–Crippen LogP) is 8.35. The van der Waals surface area contributed by atoms with Crippen LogP contribution in [-0.4, -0.2) is 41.7 Å². The second-order valence-electron chi connectivity index (χ2n) is 11.6. The highest BCUT2D eigenvalue weighted by atomic mass is 32.1. The highest BCUT2D eigenvalue weighted by Crippen LogP contribution is 2.47. The van der Waals surface area contributed by atoms with Gasteiger partial charge in [0.2, 0.25) is 0 Å². The van der Waals surface area contributed by atoms with Crippen molar-refractivity contribution in [2.45, 2.75) is 32.3 Å². The zero-order valence-electron chi connectivity index (χ0n) is 24.1. The Balaban J connectivity index is 1.15. The average Bonchev–Trinajstić information content (AvgIpc) is 3.90. The second kappa shape index (κ2) is 10.7. The topological polar surface area (TPSA) is 116 Å². The van der Waals surface area contributed by atoms with E-state index in [4.69, 9.17) is 4.74 Å². The van der Waals surface area contributed by atoms with Crippen LogP contribution in [0.15, 0.2) is 71.9 Å². The molecule has 0 N–H and O–H groups in total. The largest absolute Gasteiger partial charge is 0.444 e. The first kappa shape index (κ1) is 27.6. The number of Topliss-reactive ketones (excluding diaryl/α,β-unsaturated/α-hetero) is 2. The molecular weight excluding hydrogens is 639 g/mol. The van der Waals surface area contributed by atoms with Gasteiger partial charge in [-0.15, -0.1) is 22.7 Å². The van der Waals surface area contributed by atoms with Gasteiger partial charge in [0, 0.05) is 38.6 Å². The minimum Gasteiger partial charge on any atom is -0.444 e. The van der Waals surface area contributed by atoms with Crippen LogP contribution in [0.5, 0.6) is 0 Å². The van der Waals surface area contributed by atoms with E-state index < -0.39 is 6.09 Å². The van der Waals surface area contributed by atoms with Crippen LogP contribution in [0.25, 0.3) is 52.0 Å². The molecule has 9 nitrogen and oxygen atoms in total. The molecule has 0 bridgehead atoms. The summed E-state index contributed by atoms with van der Waals surface area (Å²) in [5.41, 5.74) is 4.25. The summed E-state index contributed by atoms with van der Waals surface area (Å²) < 4.78 is 19.6. The van der Waals surface area contributed by atoms with Crippen molar-refractivity contribution < 1.29 is 19.1 Å². The molecule has 0 spiro atoms. The zero-order valence-corrected chi connectivity index (χ0v) is 26.6. The Morgan fingerprint density at radius 2 is 1.65 bits per heavy atom. The zero-order chi connectivity index (χ0) is 30.9. The predicted molar refractivity (Wildman–Crippen MR) is 181 cm³/mol. The molecule has 0 radical (unpaired) electrons. The highest BCUT2D eigenvalue weighted by Gasteiger charge is 2.47. The van der Waals surface area contributed by atoms with Crippen LogP contribution in [0, 0.1) is 11.8 Å². The summed E-state index contributed by atoms with van der Waals surface area (Å²) in [4.78, 5) is 50.0. The van der Waals surface area contributed by atoms with Gasteiger partial charge in [0.1, 0.15) is 17.6 Å². The molecule has 0 amide bonds. The summed E-state index contributed by atoms with van der Waals surface area (Å²) in [6.45, 7) is 0.158. The lowest BCUT2D eigenvalue weighted by molar-refractivity contribution is -0.120. The number of hydrogen-bond acceptors (Lipinski definition) is 11. The van der Waals surface area contributed by atoms with E-state index in [1.807, 2.05) is 54.6 Å². The SMILES string of the molecule is O=C1C(=Nc2ncc(-c3cc4c(s3)c3sc5ccccc5c3n4C(=O)OCc3ccccc3)c3nsnc23)C(=O)C2CCCCC12. The number of benzene rings is 2. The molecule has 7 aromatic rings. The first-order chi connectivity index (χ1) is 22.6. The highest BCUT2D eigenvalue weighted by molar-refractivity contribution is 7.32. The summed E-state index contributed by atoms with van der Waals surface area (Å²) in [5.74, 6) is -0.657. The van der Waals surface area contributed by atoms with Gasteiger partial charge in [-0.05, 0) is 30.5 Å². The quantitative estimate of drug-likeness (QED) is 0.186. The first-order valence-corrected chi connectivity index (χ1v) is 17.4. The second-order valence-corrected chi connectivity index (χ2v) is 14.3. The van der Waals surface area contributed by atoms with Crippen molar-refractivity contribution in [2.75, 3.05) is 0 Å². The Labute approximate surface area is 273 Å². The van der Waals surface area contributed by atoms with E-state index in [9.17, 15) is 14.4 Å². The molecule has 2 fully saturated rings.